The molecule has 8 atom stereocenters. The largest absolute Gasteiger partial charge is 0.508 e. The summed E-state index contributed by atoms with van der Waals surface area (Å²) in [4.78, 5) is 107. The first kappa shape index (κ1) is 57.7. The van der Waals surface area contributed by atoms with E-state index in [0.29, 0.717) is 18.4 Å². The average Bonchev–Trinajstić information content (AvgIpc) is 3.28. The minimum atomic E-state index is -1.24. The van der Waals surface area contributed by atoms with Crippen molar-refractivity contribution >= 4 is 59.2 Å². The van der Waals surface area contributed by atoms with Gasteiger partial charge in [0.05, 0.1) is 0 Å². The molecule has 2 aromatic rings. The molecular formula is C47H74N16O8. The molecule has 0 spiro atoms. The van der Waals surface area contributed by atoms with Crippen LogP contribution in [0.1, 0.15) is 89.2 Å². The van der Waals surface area contributed by atoms with E-state index in [1.54, 1.807) is 12.1 Å². The molecule has 7 amide bonds. The van der Waals surface area contributed by atoms with E-state index in [0.717, 1.165) is 5.56 Å². The smallest absolute Gasteiger partial charge is 0.243 e. The summed E-state index contributed by atoms with van der Waals surface area (Å²) in [5.74, 6) is -6.12. The van der Waals surface area contributed by atoms with Crippen LogP contribution in [0, 0.1) is 17.8 Å². The molecule has 1 aliphatic carbocycles. The number of carbonyl (C=O) groups is 7. The molecule has 0 radical (unpaired) electrons. The average molecular weight is 991 g/mol. The second-order valence-corrected chi connectivity index (χ2v) is 18.0. The lowest BCUT2D eigenvalue weighted by atomic mass is 9.61. The Hall–Kier alpha value is -7.66. The summed E-state index contributed by atoms with van der Waals surface area (Å²) in [5, 5.41) is 26.3. The Morgan fingerprint density at radius 2 is 1.07 bits per heavy atom. The van der Waals surface area contributed by atoms with E-state index in [4.69, 9.17) is 40.1 Å². The first-order chi connectivity index (χ1) is 33.6. The van der Waals surface area contributed by atoms with E-state index in [2.05, 4.69) is 46.9 Å². The van der Waals surface area contributed by atoms with E-state index in [1.807, 2.05) is 44.2 Å². The second kappa shape index (κ2) is 29.4. The highest BCUT2D eigenvalue weighted by molar-refractivity contribution is 5.96. The number of hydrogen-bond acceptors (Lipinski definition) is 11. The third kappa shape index (κ3) is 20.8. The Balaban J connectivity index is 1.87. The highest BCUT2D eigenvalue weighted by atomic mass is 16.3. The lowest BCUT2D eigenvalue weighted by molar-refractivity contribution is -0.137. The summed E-state index contributed by atoms with van der Waals surface area (Å²) in [6.07, 6.45) is 1.72. The molecule has 24 heteroatoms. The van der Waals surface area contributed by atoms with Crippen LogP contribution in [0.25, 0.3) is 0 Å². The van der Waals surface area contributed by atoms with Gasteiger partial charge in [-0.25, -0.2) is 0 Å². The van der Waals surface area contributed by atoms with Crippen LogP contribution in [0.3, 0.4) is 0 Å². The van der Waals surface area contributed by atoms with Crippen molar-refractivity contribution in [2.24, 2.45) is 72.9 Å². The number of nitrogens with zero attached hydrogens (tertiary/aromatic N) is 3. The molecule has 3 rings (SSSR count). The topological polar surface area (TPSA) is 431 Å². The summed E-state index contributed by atoms with van der Waals surface area (Å²) in [6, 6.07) is 9.76. The van der Waals surface area contributed by atoms with E-state index < -0.39 is 83.4 Å². The van der Waals surface area contributed by atoms with Crippen molar-refractivity contribution in [3.63, 3.8) is 0 Å². The third-order valence-corrected chi connectivity index (χ3v) is 11.8. The number of phenolic OH excluding ortho intramolecular Hbond substituents is 1. The van der Waals surface area contributed by atoms with Crippen molar-refractivity contribution < 1.29 is 38.7 Å². The Morgan fingerprint density at radius 3 is 1.55 bits per heavy atom. The predicted molar refractivity (Wildman–Crippen MR) is 269 cm³/mol. The number of nitrogens with one attached hydrogen (secondary N) is 6. The van der Waals surface area contributed by atoms with Crippen molar-refractivity contribution in [1.29, 1.82) is 0 Å². The molecule has 0 heterocycles. The quantitative estimate of drug-likeness (QED) is 0.0221. The first-order valence-electron chi connectivity index (χ1n) is 23.7. The summed E-state index contributed by atoms with van der Waals surface area (Å²) < 4.78 is 0. The number of primary amides is 1. The van der Waals surface area contributed by atoms with Gasteiger partial charge in [-0.1, -0.05) is 56.3 Å². The molecule has 1 saturated carbocycles. The zero-order chi connectivity index (χ0) is 52.6. The van der Waals surface area contributed by atoms with Gasteiger partial charge in [-0.3, -0.25) is 48.5 Å². The van der Waals surface area contributed by atoms with Crippen LogP contribution in [-0.4, -0.2) is 121 Å². The van der Waals surface area contributed by atoms with Gasteiger partial charge in [0, 0.05) is 45.4 Å². The lowest BCUT2D eigenvalue weighted by Crippen LogP contribution is -2.59. The van der Waals surface area contributed by atoms with E-state index >= 15 is 0 Å². The van der Waals surface area contributed by atoms with Crippen molar-refractivity contribution in [3.05, 3.63) is 65.7 Å². The Bertz CT molecular complexity index is 2180. The maximum atomic E-state index is 14.3. The van der Waals surface area contributed by atoms with Crippen LogP contribution < -0.4 is 72.0 Å². The van der Waals surface area contributed by atoms with Crippen LogP contribution in [0.2, 0.25) is 0 Å². The molecule has 1 aliphatic rings. The van der Waals surface area contributed by atoms with Crippen molar-refractivity contribution in [2.45, 2.75) is 115 Å². The fourth-order valence-electron chi connectivity index (χ4n) is 8.17. The number of aliphatic imine (C=N–C) groups is 3. The normalized spacial score (nSPS) is 17.0. The predicted octanol–water partition coefficient (Wildman–Crippen LogP) is -2.39. The van der Waals surface area contributed by atoms with Gasteiger partial charge in [0.15, 0.2) is 17.9 Å². The fraction of sp³-hybridized carbons (Fsp3) is 0.532. The molecule has 0 aromatic heterocycles. The summed E-state index contributed by atoms with van der Waals surface area (Å²) in [5.41, 5.74) is 40.2. The molecule has 0 bridgehead atoms. The van der Waals surface area contributed by atoms with Gasteiger partial charge >= 0.3 is 0 Å². The molecule has 24 nitrogen and oxygen atoms in total. The van der Waals surface area contributed by atoms with Gasteiger partial charge in [0.25, 0.3) is 0 Å². The van der Waals surface area contributed by atoms with Crippen LogP contribution in [0.4, 0.5) is 0 Å². The fourth-order valence-corrected chi connectivity index (χ4v) is 8.17. The number of hydrogen-bond donors (Lipinski definition) is 14. The third-order valence-electron chi connectivity index (χ3n) is 11.8. The van der Waals surface area contributed by atoms with Gasteiger partial charge in [-0.15, -0.1) is 0 Å². The zero-order valence-electron chi connectivity index (χ0n) is 40.8. The van der Waals surface area contributed by atoms with Crippen molar-refractivity contribution in [2.75, 3.05) is 26.2 Å². The molecule has 0 unspecified atom stereocenters. The molecule has 0 saturated heterocycles. The number of benzene rings is 2. The van der Waals surface area contributed by atoms with Gasteiger partial charge in [0.1, 0.15) is 36.0 Å². The Kier molecular flexibility index (Phi) is 23.9. The molecule has 2 aromatic carbocycles. The van der Waals surface area contributed by atoms with Gasteiger partial charge in [0.2, 0.25) is 41.4 Å². The highest BCUT2D eigenvalue weighted by Gasteiger charge is 2.46. The van der Waals surface area contributed by atoms with E-state index in [-0.39, 0.29) is 107 Å². The monoisotopic (exact) mass is 991 g/mol. The second-order valence-electron chi connectivity index (χ2n) is 18.0. The minimum absolute atomic E-state index is 0.00553. The summed E-state index contributed by atoms with van der Waals surface area (Å²) in [7, 11) is 0. The maximum Gasteiger partial charge on any atom is 0.243 e. The number of nitrogens with two attached hydrogens (primary N) is 7. The Labute approximate surface area is 414 Å². The molecule has 0 aliphatic heterocycles. The van der Waals surface area contributed by atoms with Crippen molar-refractivity contribution in [1.82, 2.24) is 31.9 Å². The Morgan fingerprint density at radius 1 is 0.606 bits per heavy atom. The number of guanidine groups is 3. The highest BCUT2D eigenvalue weighted by Crippen LogP contribution is 2.47. The van der Waals surface area contributed by atoms with Gasteiger partial charge in [-0.05, 0) is 92.4 Å². The van der Waals surface area contributed by atoms with E-state index in [1.165, 1.54) is 19.1 Å². The van der Waals surface area contributed by atoms with E-state index in [9.17, 15) is 38.7 Å². The number of amides is 7. The number of aromatic hydroxyl groups is 1. The number of rotatable bonds is 30. The molecular weight excluding hydrogens is 917 g/mol. The lowest BCUT2D eigenvalue weighted by Gasteiger charge is -2.45. The molecule has 71 heavy (non-hydrogen) atoms. The zero-order valence-corrected chi connectivity index (χ0v) is 40.8. The van der Waals surface area contributed by atoms with Crippen LogP contribution >= 0.6 is 0 Å². The van der Waals surface area contributed by atoms with Crippen LogP contribution in [-0.2, 0) is 40.0 Å². The SMILES string of the molecule is CC(=O)N[C@@H](CCCN=C(N)N)C(=O)NC[C@H]1[C@@H](C(=O)N[C@@H](CCCN=C(N)N)C(=O)N[C@@H](CC(C)C)C(=O)N[C@@H](CCCN=C(N)N)C(=O)N[C@@H](Cc2ccc(O)cc2)C(N)=O)C[C@@H]1c1ccccc1. The van der Waals surface area contributed by atoms with Crippen LogP contribution in [0.15, 0.2) is 69.6 Å². The number of carbonyl (C=O) groups excluding carboxylic acids is 7. The standard InChI is InChI=1S/C47H74N16O8/c1-26(2)22-38(44(71)61-36(14-9-21-57-47(53)54)42(69)62-37(39(48)66)23-28-15-17-30(65)18-16-28)63-43(70)35(13-8-20-56-46(51)52)60-40(67)32-24-31(29-10-5-4-6-11-29)33(32)25-58-41(68)34(59-27(3)64)12-7-19-55-45(49)50/h4-6,10-11,15-18,26,31-38,65H,7-9,12-14,19-25H2,1-3H3,(H2,48,66)(H,58,68)(H,59,64)(H,60,67)(H,61,71)(H,62,69)(H,63,70)(H4,49,50,55)(H4,51,52,56)(H4,53,54,57)/t31-,32+,33-,34+,35+,36+,37+,38+/m1/s1. The molecule has 390 valence electrons. The van der Waals surface area contributed by atoms with Gasteiger partial charge < -0.3 is 77.1 Å². The molecule has 21 N–H and O–H groups in total. The van der Waals surface area contributed by atoms with Gasteiger partial charge in [-0.2, -0.15) is 0 Å². The first-order valence-corrected chi connectivity index (χ1v) is 23.7. The summed E-state index contributed by atoms with van der Waals surface area (Å²) in [6.45, 7) is 5.53. The minimum Gasteiger partial charge on any atom is -0.508 e. The van der Waals surface area contributed by atoms with Crippen molar-refractivity contribution in [3.8, 4) is 5.75 Å². The number of phenols is 1. The summed E-state index contributed by atoms with van der Waals surface area (Å²) >= 11 is 0. The maximum absolute atomic E-state index is 14.3. The van der Waals surface area contributed by atoms with Crippen LogP contribution in [0.5, 0.6) is 5.75 Å². The molecule has 1 fully saturated rings.